The lowest BCUT2D eigenvalue weighted by atomic mass is 10.2. The van der Waals surface area contributed by atoms with Gasteiger partial charge in [-0.05, 0) is 64.3 Å². The van der Waals surface area contributed by atoms with Gasteiger partial charge in [-0.2, -0.15) is 5.10 Å². The van der Waals surface area contributed by atoms with E-state index in [-0.39, 0.29) is 5.82 Å². The van der Waals surface area contributed by atoms with Crippen molar-refractivity contribution in [2.24, 2.45) is 5.10 Å². The second-order valence-electron chi connectivity index (χ2n) is 4.76. The van der Waals surface area contributed by atoms with Gasteiger partial charge < -0.3 is 9.47 Å². The highest BCUT2D eigenvalue weighted by atomic mass is 79.9. The molecule has 0 unspecified atom stereocenters. The molecule has 0 bridgehead atoms. The van der Waals surface area contributed by atoms with E-state index in [0.29, 0.717) is 23.8 Å². The number of ether oxygens (including phenoxy) is 2. The summed E-state index contributed by atoms with van der Waals surface area (Å²) in [6, 6.07) is 9.71. The average Bonchev–Trinajstić information content (AvgIpc) is 2.55. The van der Waals surface area contributed by atoms with Crippen molar-refractivity contribution < 1.29 is 13.9 Å². The summed E-state index contributed by atoms with van der Waals surface area (Å²) in [5, 5.41) is 4.14. The first-order chi connectivity index (χ1) is 11.1. The van der Waals surface area contributed by atoms with Crippen LogP contribution in [0, 0.1) is 5.82 Å². The van der Waals surface area contributed by atoms with Crippen LogP contribution in [0.2, 0.25) is 0 Å². The van der Waals surface area contributed by atoms with Crippen LogP contribution in [-0.4, -0.2) is 19.9 Å². The Labute approximate surface area is 143 Å². The number of nitrogens with zero attached hydrogens (tertiary/aromatic N) is 1. The predicted molar refractivity (Wildman–Crippen MR) is 94.1 cm³/mol. The maximum Gasteiger partial charge on any atom is 0.175 e. The molecule has 2 rings (SSSR count). The zero-order chi connectivity index (χ0) is 16.7. The highest BCUT2D eigenvalue weighted by Gasteiger charge is 2.10. The van der Waals surface area contributed by atoms with Crippen molar-refractivity contribution in [3.8, 4) is 11.5 Å². The fourth-order valence-corrected chi connectivity index (χ4v) is 2.44. The fourth-order valence-electron chi connectivity index (χ4n) is 1.86. The van der Waals surface area contributed by atoms with Crippen molar-refractivity contribution >= 4 is 27.8 Å². The molecule has 2 aromatic carbocycles. The number of hydrogen-bond donors (Lipinski definition) is 1. The van der Waals surface area contributed by atoms with Crippen molar-refractivity contribution in [3.05, 3.63) is 52.3 Å². The number of hydrazone groups is 1. The zero-order valence-electron chi connectivity index (χ0n) is 13.0. The van der Waals surface area contributed by atoms with Crippen LogP contribution in [0.1, 0.15) is 18.9 Å². The molecule has 0 aliphatic rings. The summed E-state index contributed by atoms with van der Waals surface area (Å²) >= 11 is 3.49. The lowest BCUT2D eigenvalue weighted by molar-refractivity contribution is 0.292. The quantitative estimate of drug-likeness (QED) is 0.552. The molecule has 0 spiro atoms. The fraction of sp³-hybridized carbons (Fsp3) is 0.235. The minimum Gasteiger partial charge on any atom is -0.493 e. The Morgan fingerprint density at radius 2 is 2.00 bits per heavy atom. The number of nitrogens with one attached hydrogen (secondary N) is 1. The molecule has 0 aromatic heterocycles. The Morgan fingerprint density at radius 1 is 1.26 bits per heavy atom. The van der Waals surface area contributed by atoms with Crippen molar-refractivity contribution in [3.63, 3.8) is 0 Å². The van der Waals surface area contributed by atoms with Gasteiger partial charge in [-0.3, -0.25) is 5.43 Å². The Balaban J connectivity index is 2.11. The van der Waals surface area contributed by atoms with Gasteiger partial charge in [-0.15, -0.1) is 0 Å². The highest BCUT2D eigenvalue weighted by molar-refractivity contribution is 9.10. The van der Waals surface area contributed by atoms with E-state index < -0.39 is 0 Å². The first-order valence-corrected chi connectivity index (χ1v) is 7.98. The van der Waals surface area contributed by atoms with Gasteiger partial charge in [0, 0.05) is 0 Å². The van der Waals surface area contributed by atoms with Crippen molar-refractivity contribution in [2.75, 3.05) is 19.1 Å². The maximum absolute atomic E-state index is 12.8. The SMILES string of the molecule is CCCOc1c(Br)cc(/C=N\Nc2ccc(F)cc2)cc1OC. The molecule has 0 aliphatic carbocycles. The summed E-state index contributed by atoms with van der Waals surface area (Å²) in [5.74, 6) is 1.03. The second-order valence-corrected chi connectivity index (χ2v) is 5.61. The zero-order valence-corrected chi connectivity index (χ0v) is 14.6. The molecule has 0 radical (unpaired) electrons. The van der Waals surface area contributed by atoms with E-state index in [0.717, 1.165) is 16.5 Å². The summed E-state index contributed by atoms with van der Waals surface area (Å²) < 4.78 is 24.7. The summed E-state index contributed by atoms with van der Waals surface area (Å²) in [6.07, 6.45) is 2.57. The van der Waals surface area contributed by atoms with Crippen LogP contribution >= 0.6 is 15.9 Å². The number of anilines is 1. The number of methoxy groups -OCH3 is 1. The minimum atomic E-state index is -0.282. The molecule has 0 amide bonds. The van der Waals surface area contributed by atoms with Gasteiger partial charge in [0.2, 0.25) is 0 Å². The van der Waals surface area contributed by atoms with Crippen LogP contribution in [0.25, 0.3) is 0 Å². The molecule has 0 saturated carbocycles. The van der Waals surface area contributed by atoms with E-state index in [2.05, 4.69) is 26.5 Å². The number of benzene rings is 2. The highest BCUT2D eigenvalue weighted by Crippen LogP contribution is 2.36. The molecule has 0 saturated heterocycles. The van der Waals surface area contributed by atoms with Gasteiger partial charge in [0.25, 0.3) is 0 Å². The van der Waals surface area contributed by atoms with Crippen molar-refractivity contribution in [1.82, 2.24) is 0 Å². The standard InChI is InChI=1S/C17H18BrFN2O2/c1-3-8-23-17-15(18)9-12(10-16(17)22-2)11-20-21-14-6-4-13(19)5-7-14/h4-7,9-11,21H,3,8H2,1-2H3/b20-11-. The van der Waals surface area contributed by atoms with Crippen LogP contribution in [0.15, 0.2) is 46.0 Å². The minimum absolute atomic E-state index is 0.282. The maximum atomic E-state index is 12.8. The molecule has 0 atom stereocenters. The topological polar surface area (TPSA) is 42.8 Å². The van der Waals surface area contributed by atoms with Gasteiger partial charge in [-0.1, -0.05) is 6.92 Å². The Hall–Kier alpha value is -2.08. The summed E-state index contributed by atoms with van der Waals surface area (Å²) in [7, 11) is 1.60. The molecule has 4 nitrogen and oxygen atoms in total. The van der Waals surface area contributed by atoms with E-state index in [1.54, 1.807) is 25.5 Å². The van der Waals surface area contributed by atoms with E-state index in [4.69, 9.17) is 9.47 Å². The van der Waals surface area contributed by atoms with Crippen LogP contribution in [-0.2, 0) is 0 Å². The molecular formula is C17H18BrFN2O2. The second kappa shape index (κ2) is 8.53. The first kappa shape index (κ1) is 17.3. The predicted octanol–water partition coefficient (Wildman–Crippen LogP) is 4.83. The Bertz CT molecular complexity index is 675. The number of halogens is 2. The molecule has 0 aliphatic heterocycles. The van der Waals surface area contributed by atoms with Gasteiger partial charge in [0.1, 0.15) is 5.82 Å². The first-order valence-electron chi connectivity index (χ1n) is 7.19. The molecule has 23 heavy (non-hydrogen) atoms. The largest absolute Gasteiger partial charge is 0.493 e. The van der Waals surface area contributed by atoms with Gasteiger partial charge in [-0.25, -0.2) is 4.39 Å². The van der Waals surface area contributed by atoms with Gasteiger partial charge in [0.15, 0.2) is 11.5 Å². The summed E-state index contributed by atoms with van der Waals surface area (Å²) in [4.78, 5) is 0. The van der Waals surface area contributed by atoms with Gasteiger partial charge >= 0.3 is 0 Å². The number of hydrogen-bond acceptors (Lipinski definition) is 4. The third-order valence-corrected chi connectivity index (χ3v) is 3.54. The molecule has 0 fully saturated rings. The molecular weight excluding hydrogens is 363 g/mol. The molecule has 0 heterocycles. The van der Waals surface area contributed by atoms with Gasteiger partial charge in [0.05, 0.1) is 30.1 Å². The lowest BCUT2D eigenvalue weighted by Crippen LogP contribution is -2.00. The van der Waals surface area contributed by atoms with Crippen molar-refractivity contribution in [1.29, 1.82) is 0 Å². The van der Waals surface area contributed by atoms with E-state index in [1.165, 1.54) is 12.1 Å². The normalized spacial score (nSPS) is 10.8. The third-order valence-electron chi connectivity index (χ3n) is 2.95. The summed E-state index contributed by atoms with van der Waals surface area (Å²) in [6.45, 7) is 2.66. The third kappa shape index (κ3) is 4.96. The lowest BCUT2D eigenvalue weighted by Gasteiger charge is -2.12. The molecule has 2 aromatic rings. The molecule has 122 valence electrons. The Kier molecular flexibility index (Phi) is 6.40. The van der Waals surface area contributed by atoms with Crippen LogP contribution in [0.4, 0.5) is 10.1 Å². The Morgan fingerprint density at radius 3 is 2.65 bits per heavy atom. The number of rotatable bonds is 7. The van der Waals surface area contributed by atoms with E-state index in [1.807, 2.05) is 19.1 Å². The summed E-state index contributed by atoms with van der Waals surface area (Å²) in [5.41, 5.74) is 4.39. The van der Waals surface area contributed by atoms with Crippen LogP contribution in [0.3, 0.4) is 0 Å². The smallest absolute Gasteiger partial charge is 0.175 e. The van der Waals surface area contributed by atoms with Crippen molar-refractivity contribution in [2.45, 2.75) is 13.3 Å². The monoisotopic (exact) mass is 380 g/mol. The van der Waals surface area contributed by atoms with Crippen LogP contribution < -0.4 is 14.9 Å². The van der Waals surface area contributed by atoms with E-state index in [9.17, 15) is 4.39 Å². The van der Waals surface area contributed by atoms with Crippen LogP contribution in [0.5, 0.6) is 11.5 Å². The van der Waals surface area contributed by atoms with E-state index >= 15 is 0 Å². The molecule has 1 N–H and O–H groups in total. The average molecular weight is 381 g/mol. The molecule has 6 heteroatoms.